The molecule has 148 valence electrons. The molecule has 0 radical (unpaired) electrons. The minimum Gasteiger partial charge on any atom is -0.484 e. The second kappa shape index (κ2) is 9.93. The van der Waals surface area contributed by atoms with Crippen LogP contribution in [0.25, 0.3) is 0 Å². The highest BCUT2D eigenvalue weighted by molar-refractivity contribution is 5.85. The average molecular weight is 380 g/mol. The van der Waals surface area contributed by atoms with Crippen molar-refractivity contribution < 1.29 is 14.3 Å². The van der Waals surface area contributed by atoms with E-state index in [-0.39, 0.29) is 30.4 Å². The molecule has 2 aromatic rings. The number of rotatable bonds is 8. The summed E-state index contributed by atoms with van der Waals surface area (Å²) in [5, 5.41) is 5.64. The van der Waals surface area contributed by atoms with E-state index in [1.54, 1.807) is 12.1 Å². The Morgan fingerprint density at radius 3 is 2.14 bits per heavy atom. The van der Waals surface area contributed by atoms with Crippen molar-refractivity contribution in [2.24, 2.45) is 0 Å². The quantitative estimate of drug-likeness (QED) is 0.739. The van der Waals surface area contributed by atoms with Crippen molar-refractivity contribution in [3.63, 3.8) is 0 Å². The lowest BCUT2D eigenvalue weighted by molar-refractivity contribution is -0.127. The van der Waals surface area contributed by atoms with E-state index in [2.05, 4.69) is 34.9 Å². The van der Waals surface area contributed by atoms with Crippen LogP contribution in [0.4, 0.5) is 0 Å². The molecule has 0 unspecified atom stereocenters. The van der Waals surface area contributed by atoms with Crippen molar-refractivity contribution in [3.05, 3.63) is 66.2 Å². The maximum atomic E-state index is 12.3. The number of amides is 2. The molecule has 0 aliphatic heterocycles. The SMILES string of the molecule is O=C(CNC(=O)COc1ccccc1)NCC1(c2ccccc2)CCCCC1. The van der Waals surface area contributed by atoms with E-state index in [0.29, 0.717) is 12.3 Å². The smallest absolute Gasteiger partial charge is 0.258 e. The zero-order valence-electron chi connectivity index (χ0n) is 16.2. The summed E-state index contributed by atoms with van der Waals surface area (Å²) in [6.45, 7) is 0.458. The van der Waals surface area contributed by atoms with Gasteiger partial charge < -0.3 is 15.4 Å². The Bertz CT molecular complexity index is 756. The van der Waals surface area contributed by atoms with Crippen molar-refractivity contribution in [2.75, 3.05) is 19.7 Å². The molecule has 0 spiro atoms. The molecule has 0 bridgehead atoms. The fourth-order valence-corrected chi connectivity index (χ4v) is 3.81. The van der Waals surface area contributed by atoms with E-state index in [4.69, 9.17) is 4.74 Å². The van der Waals surface area contributed by atoms with Crippen LogP contribution in [0.2, 0.25) is 0 Å². The highest BCUT2D eigenvalue weighted by Crippen LogP contribution is 2.38. The predicted molar refractivity (Wildman–Crippen MR) is 109 cm³/mol. The zero-order chi connectivity index (χ0) is 19.7. The molecule has 5 heteroatoms. The normalized spacial score (nSPS) is 15.4. The van der Waals surface area contributed by atoms with Crippen LogP contribution in [-0.4, -0.2) is 31.5 Å². The molecule has 1 aliphatic carbocycles. The fourth-order valence-electron chi connectivity index (χ4n) is 3.81. The topological polar surface area (TPSA) is 67.4 Å². The van der Waals surface area contributed by atoms with Gasteiger partial charge in [0, 0.05) is 12.0 Å². The Balaban J connectivity index is 1.45. The molecule has 3 rings (SSSR count). The molecule has 1 saturated carbocycles. The molecule has 1 fully saturated rings. The van der Waals surface area contributed by atoms with Crippen LogP contribution in [0.5, 0.6) is 5.75 Å². The standard InChI is InChI=1S/C23H28N2O3/c26-21(16-24-22(27)17-28-20-12-6-2-7-13-20)25-18-23(14-8-3-9-15-23)19-10-4-1-5-11-19/h1-2,4-7,10-13H,3,8-9,14-18H2,(H,24,27)(H,25,26). The van der Waals surface area contributed by atoms with Gasteiger partial charge in [0.15, 0.2) is 6.61 Å². The number of hydrogen-bond acceptors (Lipinski definition) is 3. The number of carbonyl (C=O) groups is 2. The Kier molecular flexibility index (Phi) is 7.06. The molecule has 2 N–H and O–H groups in total. The first-order valence-electron chi connectivity index (χ1n) is 9.95. The maximum absolute atomic E-state index is 12.3. The monoisotopic (exact) mass is 380 g/mol. The van der Waals surface area contributed by atoms with Gasteiger partial charge in [-0.25, -0.2) is 0 Å². The second-order valence-corrected chi connectivity index (χ2v) is 7.36. The summed E-state index contributed by atoms with van der Waals surface area (Å²) in [5.41, 5.74) is 1.28. The van der Waals surface area contributed by atoms with Crippen molar-refractivity contribution >= 4 is 11.8 Å². The molecule has 5 nitrogen and oxygen atoms in total. The van der Waals surface area contributed by atoms with Gasteiger partial charge in [-0.15, -0.1) is 0 Å². The summed E-state index contributed by atoms with van der Waals surface area (Å²) >= 11 is 0. The van der Waals surface area contributed by atoms with Crippen LogP contribution in [0.15, 0.2) is 60.7 Å². The Labute approximate surface area is 166 Å². The highest BCUT2D eigenvalue weighted by Gasteiger charge is 2.34. The van der Waals surface area contributed by atoms with E-state index in [0.717, 1.165) is 12.8 Å². The zero-order valence-corrected chi connectivity index (χ0v) is 16.2. The van der Waals surface area contributed by atoms with E-state index in [9.17, 15) is 9.59 Å². The summed E-state index contributed by atoms with van der Waals surface area (Å²) in [6, 6.07) is 19.6. The first-order valence-corrected chi connectivity index (χ1v) is 9.95. The molecule has 28 heavy (non-hydrogen) atoms. The summed E-state index contributed by atoms with van der Waals surface area (Å²) in [6.07, 6.45) is 5.76. The van der Waals surface area contributed by atoms with Crippen molar-refractivity contribution in [2.45, 2.75) is 37.5 Å². The molecule has 2 amide bonds. The van der Waals surface area contributed by atoms with Crippen LogP contribution in [0, 0.1) is 0 Å². The first-order chi connectivity index (χ1) is 13.7. The number of ether oxygens (including phenoxy) is 1. The first kappa shape index (κ1) is 19.9. The number of hydrogen-bond donors (Lipinski definition) is 2. The summed E-state index contributed by atoms with van der Waals surface area (Å²) in [4.78, 5) is 24.2. The largest absolute Gasteiger partial charge is 0.484 e. The van der Waals surface area contributed by atoms with Crippen LogP contribution in [0.3, 0.4) is 0 Å². The highest BCUT2D eigenvalue weighted by atomic mass is 16.5. The predicted octanol–water partition coefficient (Wildman–Crippen LogP) is 3.20. The van der Waals surface area contributed by atoms with Gasteiger partial charge in [-0.1, -0.05) is 67.8 Å². The Hall–Kier alpha value is -2.82. The number of carbonyl (C=O) groups excluding carboxylic acids is 2. The van der Waals surface area contributed by atoms with Gasteiger partial charge in [-0.2, -0.15) is 0 Å². The minimum atomic E-state index is -0.311. The molecule has 0 saturated heterocycles. The van der Waals surface area contributed by atoms with Crippen LogP contribution >= 0.6 is 0 Å². The molecular formula is C23H28N2O3. The summed E-state index contributed by atoms with van der Waals surface area (Å²) < 4.78 is 5.39. The molecule has 0 heterocycles. The molecule has 0 aromatic heterocycles. The summed E-state index contributed by atoms with van der Waals surface area (Å²) in [7, 11) is 0. The Morgan fingerprint density at radius 1 is 0.821 bits per heavy atom. The number of benzene rings is 2. The van der Waals surface area contributed by atoms with Gasteiger partial charge in [-0.05, 0) is 30.5 Å². The molecule has 0 atom stereocenters. The van der Waals surface area contributed by atoms with Gasteiger partial charge in [0.05, 0.1) is 6.54 Å². The number of para-hydroxylation sites is 1. The average Bonchev–Trinajstić information content (AvgIpc) is 2.77. The second-order valence-electron chi connectivity index (χ2n) is 7.36. The third kappa shape index (κ3) is 5.59. The molecular weight excluding hydrogens is 352 g/mol. The van der Waals surface area contributed by atoms with Crippen molar-refractivity contribution in [1.82, 2.24) is 10.6 Å². The van der Waals surface area contributed by atoms with Crippen LogP contribution < -0.4 is 15.4 Å². The number of nitrogens with one attached hydrogen (secondary N) is 2. The van der Waals surface area contributed by atoms with E-state index in [1.165, 1.54) is 24.8 Å². The van der Waals surface area contributed by atoms with Crippen LogP contribution in [-0.2, 0) is 15.0 Å². The van der Waals surface area contributed by atoms with E-state index >= 15 is 0 Å². The van der Waals surface area contributed by atoms with Crippen LogP contribution in [0.1, 0.15) is 37.7 Å². The molecule has 2 aromatic carbocycles. The van der Waals surface area contributed by atoms with Gasteiger partial charge in [-0.3, -0.25) is 9.59 Å². The van der Waals surface area contributed by atoms with Gasteiger partial charge in [0.1, 0.15) is 5.75 Å². The van der Waals surface area contributed by atoms with E-state index in [1.807, 2.05) is 24.3 Å². The van der Waals surface area contributed by atoms with Crippen molar-refractivity contribution in [1.29, 1.82) is 0 Å². The fraction of sp³-hybridized carbons (Fsp3) is 0.391. The van der Waals surface area contributed by atoms with Gasteiger partial charge in [0.25, 0.3) is 5.91 Å². The lowest BCUT2D eigenvalue weighted by atomic mass is 9.69. The summed E-state index contributed by atoms with van der Waals surface area (Å²) in [5.74, 6) is 0.146. The van der Waals surface area contributed by atoms with E-state index < -0.39 is 0 Å². The van der Waals surface area contributed by atoms with Gasteiger partial charge >= 0.3 is 0 Å². The maximum Gasteiger partial charge on any atom is 0.258 e. The van der Waals surface area contributed by atoms with Gasteiger partial charge in [0.2, 0.25) is 5.91 Å². The van der Waals surface area contributed by atoms with Crippen molar-refractivity contribution in [3.8, 4) is 5.75 Å². The molecule has 1 aliphatic rings. The Morgan fingerprint density at radius 2 is 1.46 bits per heavy atom. The lowest BCUT2D eigenvalue weighted by Crippen LogP contribution is -2.45. The minimum absolute atomic E-state index is 0.00437. The third-order valence-electron chi connectivity index (χ3n) is 5.38. The lowest BCUT2D eigenvalue weighted by Gasteiger charge is -2.38. The third-order valence-corrected chi connectivity index (χ3v) is 5.38.